The molecule has 0 saturated heterocycles. The van der Waals surface area contributed by atoms with Crippen LogP contribution < -0.4 is 0 Å². The quantitative estimate of drug-likeness (QED) is 0.0915. The Morgan fingerprint density at radius 3 is 1.42 bits per heavy atom. The summed E-state index contributed by atoms with van der Waals surface area (Å²) in [5, 5.41) is 0. The summed E-state index contributed by atoms with van der Waals surface area (Å²) in [7, 11) is 0. The number of carbonyl (C=O) groups excluding carboxylic acids is 3. The zero-order valence-corrected chi connectivity index (χ0v) is 32.9. The maximum Gasteiger partial charge on any atom is 0.306 e. The zero-order valence-electron chi connectivity index (χ0n) is 32.9. The largest absolute Gasteiger partial charge is 0.464 e. The first-order valence-corrected chi connectivity index (χ1v) is 18.4. The minimum absolute atomic E-state index is 0.0392. The number of hydrogen-bond donors (Lipinski definition) is 0. The Hall–Kier alpha value is -4.86. The highest BCUT2D eigenvalue weighted by molar-refractivity contribution is 5.74. The van der Waals surface area contributed by atoms with Gasteiger partial charge in [-0.3, -0.25) is 24.4 Å². The monoisotopic (exact) mass is 725 g/mol. The molecule has 0 aliphatic carbocycles. The van der Waals surface area contributed by atoms with Crippen molar-refractivity contribution in [3.63, 3.8) is 0 Å². The van der Waals surface area contributed by atoms with Crippen LogP contribution in [0.1, 0.15) is 106 Å². The van der Waals surface area contributed by atoms with Gasteiger partial charge in [0.15, 0.2) is 0 Å². The third kappa shape index (κ3) is 13.9. The summed E-state index contributed by atoms with van der Waals surface area (Å²) in [5.74, 6) is -0.635. The number of pyridine rings is 3. The van der Waals surface area contributed by atoms with Gasteiger partial charge in [-0.25, -0.2) is 4.98 Å². The second kappa shape index (κ2) is 17.3. The van der Waals surface area contributed by atoms with Crippen LogP contribution in [0.5, 0.6) is 0 Å². The van der Waals surface area contributed by atoms with Gasteiger partial charge < -0.3 is 18.6 Å². The molecule has 53 heavy (non-hydrogen) atoms. The molecule has 10 heteroatoms. The third-order valence-corrected chi connectivity index (χ3v) is 7.97. The molecule has 0 N–H and O–H groups in total. The van der Waals surface area contributed by atoms with Crippen molar-refractivity contribution >= 4 is 17.9 Å². The molecule has 0 saturated carbocycles. The predicted octanol–water partition coefficient (Wildman–Crippen LogP) is 9.39. The smallest absolute Gasteiger partial charge is 0.306 e. The lowest BCUT2D eigenvalue weighted by Crippen LogP contribution is -2.28. The van der Waals surface area contributed by atoms with Gasteiger partial charge in [-0.1, -0.05) is 25.5 Å². The molecular weight excluding hydrogens is 670 g/mol. The number of carbonyl (C=O) groups is 3. The fourth-order valence-electron chi connectivity index (χ4n) is 5.88. The van der Waals surface area contributed by atoms with E-state index < -0.39 is 22.7 Å². The molecule has 10 nitrogen and oxygen atoms in total. The van der Waals surface area contributed by atoms with Crippen molar-refractivity contribution in [1.29, 1.82) is 0 Å². The van der Waals surface area contributed by atoms with Crippen molar-refractivity contribution in [2.45, 2.75) is 125 Å². The van der Waals surface area contributed by atoms with Crippen molar-refractivity contribution in [1.82, 2.24) is 15.0 Å². The standard InChI is InChI=1S/C43H55N3O7/c1-11-28(23-38(47)51-41(2,3)4)21-31-15-12-17-33(44-31)35-26-30(37-19-14-20-50-37)27-36(46-35)34-18-13-16-32(45-34)22-29(24-39(48)52-42(5,6)7)25-40(49)53-43(8,9)10/h12-20,26-29H,11,21-25H2,1-10H3. The van der Waals surface area contributed by atoms with Gasteiger partial charge in [0.1, 0.15) is 22.6 Å². The van der Waals surface area contributed by atoms with E-state index in [4.69, 9.17) is 33.6 Å². The molecule has 1 unspecified atom stereocenters. The molecule has 4 aromatic heterocycles. The Balaban J connectivity index is 1.65. The van der Waals surface area contributed by atoms with E-state index in [1.165, 1.54) is 0 Å². The Kier molecular flexibility index (Phi) is 13.4. The first-order chi connectivity index (χ1) is 24.7. The maximum atomic E-state index is 12.9. The van der Waals surface area contributed by atoms with Crippen molar-refractivity contribution in [3.05, 3.63) is 78.3 Å². The van der Waals surface area contributed by atoms with Crippen LogP contribution in [-0.4, -0.2) is 49.7 Å². The Bertz CT molecular complexity index is 1820. The van der Waals surface area contributed by atoms with Gasteiger partial charge in [-0.15, -0.1) is 0 Å². The lowest BCUT2D eigenvalue weighted by molar-refractivity contribution is -0.159. The molecule has 284 valence electrons. The van der Waals surface area contributed by atoms with Gasteiger partial charge in [-0.05, 0) is 136 Å². The summed E-state index contributed by atoms with van der Waals surface area (Å²) in [4.78, 5) is 53.3. The number of hydrogen-bond acceptors (Lipinski definition) is 10. The fraction of sp³-hybridized carbons (Fsp3) is 0.488. The number of furan rings is 1. The minimum Gasteiger partial charge on any atom is -0.464 e. The van der Waals surface area contributed by atoms with Gasteiger partial charge in [0.05, 0.1) is 29.0 Å². The Morgan fingerprint density at radius 2 is 1.02 bits per heavy atom. The normalized spacial score (nSPS) is 12.7. The zero-order chi connectivity index (χ0) is 39.0. The van der Waals surface area contributed by atoms with E-state index >= 15 is 0 Å². The summed E-state index contributed by atoms with van der Waals surface area (Å²) < 4.78 is 22.6. The molecule has 0 bridgehead atoms. The van der Waals surface area contributed by atoms with Crippen LogP contribution in [0.3, 0.4) is 0 Å². The number of nitrogens with zero attached hydrogens (tertiary/aromatic N) is 3. The van der Waals surface area contributed by atoms with Gasteiger partial charge in [0, 0.05) is 36.2 Å². The van der Waals surface area contributed by atoms with Gasteiger partial charge in [0.2, 0.25) is 0 Å². The Morgan fingerprint density at radius 1 is 0.585 bits per heavy atom. The maximum absolute atomic E-state index is 12.9. The highest BCUT2D eigenvalue weighted by atomic mass is 16.6. The first kappa shape index (κ1) is 40.9. The number of aromatic nitrogens is 3. The van der Waals surface area contributed by atoms with Crippen LogP contribution in [0.4, 0.5) is 0 Å². The number of esters is 3. The van der Waals surface area contributed by atoms with E-state index in [2.05, 4.69) is 6.92 Å². The molecule has 0 amide bonds. The minimum atomic E-state index is -0.653. The summed E-state index contributed by atoms with van der Waals surface area (Å²) >= 11 is 0. The second-order valence-corrected chi connectivity index (χ2v) is 16.6. The highest BCUT2D eigenvalue weighted by Crippen LogP contribution is 2.31. The van der Waals surface area contributed by atoms with Crippen molar-refractivity contribution in [2.24, 2.45) is 11.8 Å². The van der Waals surface area contributed by atoms with Crippen LogP contribution >= 0.6 is 0 Å². The van der Waals surface area contributed by atoms with Crippen LogP contribution in [-0.2, 0) is 41.4 Å². The second-order valence-electron chi connectivity index (χ2n) is 16.6. The molecular formula is C43H55N3O7. The molecule has 0 aromatic carbocycles. The lowest BCUT2D eigenvalue weighted by Gasteiger charge is -2.24. The average molecular weight is 726 g/mol. The van der Waals surface area contributed by atoms with Crippen LogP contribution in [0.2, 0.25) is 0 Å². The van der Waals surface area contributed by atoms with E-state index in [9.17, 15) is 14.4 Å². The van der Waals surface area contributed by atoms with Gasteiger partial charge in [0.25, 0.3) is 0 Å². The topological polar surface area (TPSA) is 131 Å². The molecule has 1 atom stereocenters. The van der Waals surface area contributed by atoms with E-state index in [1.807, 2.05) is 123 Å². The van der Waals surface area contributed by atoms with Crippen LogP contribution in [0.25, 0.3) is 34.1 Å². The number of ether oxygens (including phenoxy) is 3. The Labute approximate surface area is 314 Å². The van der Waals surface area contributed by atoms with E-state index in [-0.39, 0.29) is 36.7 Å². The van der Waals surface area contributed by atoms with E-state index in [1.54, 1.807) is 6.26 Å². The van der Waals surface area contributed by atoms with Gasteiger partial charge in [-0.2, -0.15) is 0 Å². The lowest BCUT2D eigenvalue weighted by atomic mass is 9.95. The molecule has 0 aliphatic heterocycles. The molecule has 0 aliphatic rings. The number of rotatable bonds is 14. The van der Waals surface area contributed by atoms with E-state index in [0.717, 1.165) is 17.7 Å². The summed E-state index contributed by atoms with van der Waals surface area (Å²) in [6.45, 7) is 18.6. The van der Waals surface area contributed by atoms with Crippen molar-refractivity contribution < 1.29 is 33.0 Å². The molecule has 4 rings (SSSR count). The highest BCUT2D eigenvalue weighted by Gasteiger charge is 2.26. The molecule has 0 fully saturated rings. The summed E-state index contributed by atoms with van der Waals surface area (Å²) in [5.41, 5.74) is 3.05. The molecule has 4 aromatic rings. The molecule has 0 radical (unpaired) electrons. The fourth-order valence-corrected chi connectivity index (χ4v) is 5.88. The summed E-state index contributed by atoms with van der Waals surface area (Å²) in [6, 6.07) is 19.1. The van der Waals surface area contributed by atoms with Gasteiger partial charge >= 0.3 is 17.9 Å². The third-order valence-electron chi connectivity index (χ3n) is 7.97. The molecule has 4 heterocycles. The van der Waals surface area contributed by atoms with Crippen molar-refractivity contribution in [2.75, 3.05) is 0 Å². The first-order valence-electron chi connectivity index (χ1n) is 18.4. The predicted molar refractivity (Wildman–Crippen MR) is 204 cm³/mol. The van der Waals surface area contributed by atoms with Crippen LogP contribution in [0.15, 0.2) is 71.3 Å². The van der Waals surface area contributed by atoms with Crippen molar-refractivity contribution in [3.8, 4) is 34.1 Å². The van der Waals surface area contributed by atoms with E-state index in [0.29, 0.717) is 53.5 Å². The average Bonchev–Trinajstić information content (AvgIpc) is 3.57. The molecule has 0 spiro atoms. The summed E-state index contributed by atoms with van der Waals surface area (Å²) in [6.07, 6.45) is 3.79. The SMILES string of the molecule is CCC(CC(=O)OC(C)(C)C)Cc1cccc(-c2cc(-c3ccco3)cc(-c3cccc(CC(CC(=O)OC(C)(C)C)CC(=O)OC(C)(C)C)n3)n2)n1. The van der Waals surface area contributed by atoms with Crippen LogP contribution in [0, 0.1) is 11.8 Å².